The maximum absolute atomic E-state index is 12.1. The summed E-state index contributed by atoms with van der Waals surface area (Å²) in [6, 6.07) is 0. The van der Waals surface area contributed by atoms with Crippen LogP contribution in [0.2, 0.25) is 0 Å². The molecule has 1 rings (SSSR count). The van der Waals surface area contributed by atoms with E-state index in [-0.39, 0.29) is 0 Å². The molecular formula is C13H24O16P2. The number of rotatable bonds is 10. The Morgan fingerprint density at radius 1 is 0.806 bits per heavy atom. The smallest absolute Gasteiger partial charge is 0.462 e. The summed E-state index contributed by atoms with van der Waals surface area (Å²) < 4.78 is 45.7. The molecule has 1 saturated carbocycles. The van der Waals surface area contributed by atoms with Crippen LogP contribution >= 0.6 is 15.6 Å². The molecule has 0 radical (unpaired) electrons. The van der Waals surface area contributed by atoms with Crippen molar-refractivity contribution in [1.29, 1.82) is 0 Å². The van der Waals surface area contributed by atoms with Crippen LogP contribution in [0.25, 0.3) is 0 Å². The zero-order valence-corrected chi connectivity index (χ0v) is 17.9. The van der Waals surface area contributed by atoms with Crippen molar-refractivity contribution < 1.29 is 76.9 Å². The van der Waals surface area contributed by atoms with Gasteiger partial charge < -0.3 is 44.6 Å². The minimum absolute atomic E-state index is 0.539. The van der Waals surface area contributed by atoms with E-state index in [1.54, 1.807) is 0 Å². The summed E-state index contributed by atoms with van der Waals surface area (Å²) in [5, 5.41) is 39.8. The highest BCUT2D eigenvalue weighted by atomic mass is 31.2. The second kappa shape index (κ2) is 11.2. The Hall–Kier alpha value is -1.00. The molecular weight excluding hydrogens is 474 g/mol. The largest absolute Gasteiger partial charge is 0.472 e. The van der Waals surface area contributed by atoms with Gasteiger partial charge in [0.2, 0.25) is 0 Å². The molecule has 3 unspecified atom stereocenters. The zero-order valence-electron chi connectivity index (χ0n) is 16.2. The molecule has 16 nitrogen and oxygen atoms in total. The Morgan fingerprint density at radius 3 is 1.65 bits per heavy atom. The fourth-order valence-electron chi connectivity index (χ4n) is 2.51. The number of aliphatic hydroxyl groups excluding tert-OH is 4. The second-order valence-electron chi connectivity index (χ2n) is 6.39. The number of carbonyl (C=O) groups excluding carboxylic acids is 2. The number of ether oxygens (including phenoxy) is 2. The van der Waals surface area contributed by atoms with Crippen LogP contribution in [0.1, 0.15) is 13.8 Å². The molecule has 1 aliphatic carbocycles. The number of carbonyl (C=O) groups is 2. The maximum atomic E-state index is 12.1. The van der Waals surface area contributed by atoms with Crippen molar-refractivity contribution in [2.24, 2.45) is 0 Å². The summed E-state index contributed by atoms with van der Waals surface area (Å²) >= 11 is 0. The summed E-state index contributed by atoms with van der Waals surface area (Å²) in [6.07, 6.45) is -14.7. The molecule has 0 aromatic carbocycles. The normalized spacial score (nSPS) is 32.0. The molecule has 0 spiro atoms. The third-order valence-electron chi connectivity index (χ3n) is 3.79. The van der Waals surface area contributed by atoms with Crippen molar-refractivity contribution in [1.82, 2.24) is 0 Å². The highest BCUT2D eigenvalue weighted by Gasteiger charge is 2.54. The lowest BCUT2D eigenvalue weighted by Crippen LogP contribution is -2.64. The Balaban J connectivity index is 2.84. The van der Waals surface area contributed by atoms with Crippen LogP contribution in [0.15, 0.2) is 0 Å². The number of phosphoric acid groups is 2. The van der Waals surface area contributed by atoms with Gasteiger partial charge in [-0.3, -0.25) is 23.2 Å². The number of phosphoric ester groups is 2. The summed E-state index contributed by atoms with van der Waals surface area (Å²) in [4.78, 5) is 49.3. The average Bonchev–Trinajstić information content (AvgIpc) is 2.62. The molecule has 7 N–H and O–H groups in total. The third-order valence-corrected chi connectivity index (χ3v) is 5.29. The first-order chi connectivity index (χ1) is 14.0. The zero-order chi connectivity index (χ0) is 24.1. The van der Waals surface area contributed by atoms with Gasteiger partial charge in [-0.2, -0.15) is 0 Å². The lowest BCUT2D eigenvalue weighted by molar-refractivity contribution is -0.216. The Bertz CT molecular complexity index is 706. The van der Waals surface area contributed by atoms with Crippen molar-refractivity contribution in [3.05, 3.63) is 0 Å². The van der Waals surface area contributed by atoms with Gasteiger partial charge in [-0.1, -0.05) is 0 Å². The molecule has 0 heterocycles. The van der Waals surface area contributed by atoms with Crippen molar-refractivity contribution in [2.75, 3.05) is 13.2 Å². The van der Waals surface area contributed by atoms with Gasteiger partial charge in [0.25, 0.3) is 0 Å². The quantitative estimate of drug-likeness (QED) is 0.116. The lowest BCUT2D eigenvalue weighted by Gasteiger charge is -2.43. The number of esters is 2. The third kappa shape index (κ3) is 9.18. The van der Waals surface area contributed by atoms with Gasteiger partial charge >= 0.3 is 27.6 Å². The van der Waals surface area contributed by atoms with E-state index in [1.807, 2.05) is 0 Å². The molecule has 0 aromatic rings. The maximum Gasteiger partial charge on any atom is 0.472 e. The first-order valence-electron chi connectivity index (χ1n) is 8.46. The van der Waals surface area contributed by atoms with E-state index in [1.165, 1.54) is 0 Å². The summed E-state index contributed by atoms with van der Waals surface area (Å²) in [5.74, 6) is -1.58. The van der Waals surface area contributed by atoms with Gasteiger partial charge in [0.05, 0.1) is 6.61 Å². The predicted octanol–water partition coefficient (Wildman–Crippen LogP) is -3.08. The van der Waals surface area contributed by atoms with Gasteiger partial charge in [0.1, 0.15) is 43.2 Å². The molecule has 182 valence electrons. The van der Waals surface area contributed by atoms with Crippen LogP contribution < -0.4 is 0 Å². The summed E-state index contributed by atoms with van der Waals surface area (Å²) in [5.41, 5.74) is 0. The first kappa shape index (κ1) is 28.0. The van der Waals surface area contributed by atoms with Crippen molar-refractivity contribution in [3.63, 3.8) is 0 Å². The van der Waals surface area contributed by atoms with Crippen LogP contribution in [-0.4, -0.2) is 103 Å². The summed E-state index contributed by atoms with van der Waals surface area (Å²) in [6.45, 7) is 0.679. The van der Waals surface area contributed by atoms with Gasteiger partial charge in [-0.25, -0.2) is 9.13 Å². The number of hydrogen-bond acceptors (Lipinski definition) is 13. The topological polar surface area (TPSA) is 256 Å². The molecule has 18 heteroatoms. The fraction of sp³-hybridized carbons (Fsp3) is 0.846. The Kier molecular flexibility index (Phi) is 10.2. The molecule has 0 bridgehead atoms. The van der Waals surface area contributed by atoms with Crippen molar-refractivity contribution in [3.8, 4) is 0 Å². The molecule has 0 amide bonds. The van der Waals surface area contributed by atoms with E-state index in [0.717, 1.165) is 13.8 Å². The molecule has 1 aliphatic rings. The highest BCUT2D eigenvalue weighted by Crippen LogP contribution is 2.48. The van der Waals surface area contributed by atoms with E-state index in [0.29, 0.717) is 0 Å². The van der Waals surface area contributed by atoms with Crippen LogP contribution in [0.5, 0.6) is 0 Å². The molecule has 31 heavy (non-hydrogen) atoms. The lowest BCUT2D eigenvalue weighted by atomic mass is 9.85. The van der Waals surface area contributed by atoms with E-state index >= 15 is 0 Å². The first-order valence-corrected chi connectivity index (χ1v) is 11.5. The Labute approximate surface area is 175 Å². The van der Waals surface area contributed by atoms with Crippen LogP contribution in [0.4, 0.5) is 0 Å². The average molecular weight is 498 g/mol. The molecule has 8 atom stereocenters. The van der Waals surface area contributed by atoms with E-state index in [4.69, 9.17) is 14.5 Å². The monoisotopic (exact) mass is 498 g/mol. The van der Waals surface area contributed by atoms with Crippen LogP contribution in [0, 0.1) is 0 Å². The van der Waals surface area contributed by atoms with Crippen molar-refractivity contribution in [2.45, 2.75) is 56.6 Å². The molecule has 1 fully saturated rings. The molecule has 0 aliphatic heterocycles. The Morgan fingerprint density at radius 2 is 1.26 bits per heavy atom. The fourth-order valence-corrected chi connectivity index (χ4v) is 4.05. The number of aliphatic hydroxyl groups is 4. The number of hydrogen-bond donors (Lipinski definition) is 7. The molecule has 0 saturated heterocycles. The minimum Gasteiger partial charge on any atom is -0.462 e. The minimum atomic E-state index is -5.26. The van der Waals surface area contributed by atoms with Gasteiger partial charge in [-0.05, 0) is 0 Å². The standard InChI is InChI=1S/C13H24O16P2/c1-5(14)25-3-7(27-6(2)15)4-26-31(23,24)29-13-10(18)8(16)12(9(17)11(13)19)28-30(20,21)22/h7-13,16-19H,3-4H2,1-2H3,(H,23,24)(H2,20,21,22)/t7-,8-,9+,10-,11-,12?,13?/m1/s1. The van der Waals surface area contributed by atoms with Gasteiger partial charge in [0, 0.05) is 13.8 Å². The highest BCUT2D eigenvalue weighted by molar-refractivity contribution is 7.47. The SMILES string of the molecule is CC(=O)OC[C@H](COP(=O)(O)OC1[C@H](O)[C@H](O)C(OP(=O)(O)O)[C@H](O)[C@H]1O)OC(C)=O. The van der Waals surface area contributed by atoms with E-state index in [9.17, 15) is 44.0 Å². The van der Waals surface area contributed by atoms with E-state index < -0.39 is 83.5 Å². The van der Waals surface area contributed by atoms with E-state index in [2.05, 4.69) is 18.3 Å². The van der Waals surface area contributed by atoms with Crippen molar-refractivity contribution >= 4 is 27.6 Å². The van der Waals surface area contributed by atoms with Gasteiger partial charge in [0.15, 0.2) is 6.10 Å². The van der Waals surface area contributed by atoms with Crippen LogP contribution in [0.3, 0.4) is 0 Å². The predicted molar refractivity (Wildman–Crippen MR) is 93.8 cm³/mol. The van der Waals surface area contributed by atoms with Gasteiger partial charge in [-0.15, -0.1) is 0 Å². The van der Waals surface area contributed by atoms with Crippen LogP contribution in [-0.2, 0) is 41.8 Å². The molecule has 0 aromatic heterocycles. The summed E-state index contributed by atoms with van der Waals surface area (Å²) in [7, 11) is -10.4. The second-order valence-corrected chi connectivity index (χ2v) is 8.99.